The molecule has 0 bridgehead atoms. The first-order valence-electron chi connectivity index (χ1n) is 10.7. The number of benzene rings is 2. The number of nitrogens with zero attached hydrogens (tertiary/aromatic N) is 2. The van der Waals surface area contributed by atoms with Gasteiger partial charge in [0.05, 0.1) is 5.92 Å². The number of anilines is 1. The number of rotatable bonds is 6. The summed E-state index contributed by atoms with van der Waals surface area (Å²) in [6.45, 7) is 6.04. The topological polar surface area (TPSA) is 69.7 Å². The third kappa shape index (κ3) is 5.48. The lowest BCUT2D eigenvalue weighted by molar-refractivity contribution is -0.121. The Morgan fingerprint density at radius 3 is 2.23 bits per heavy atom. The Hall–Kier alpha value is -3.22. The molecule has 7 heteroatoms. The quantitative estimate of drug-likeness (QED) is 0.765. The molecular formula is C24H28FN3O3. The highest BCUT2D eigenvalue weighted by Crippen LogP contribution is 2.21. The highest BCUT2D eigenvalue weighted by Gasteiger charge is 2.29. The Morgan fingerprint density at radius 1 is 1.00 bits per heavy atom. The second-order valence-electron chi connectivity index (χ2n) is 7.64. The number of piperidine rings is 1. The fourth-order valence-corrected chi connectivity index (χ4v) is 3.78. The van der Waals surface area contributed by atoms with E-state index in [1.165, 1.54) is 24.3 Å². The van der Waals surface area contributed by atoms with E-state index in [1.54, 1.807) is 34.1 Å². The molecule has 0 radical (unpaired) electrons. The minimum absolute atomic E-state index is 0.0369. The molecule has 0 spiro atoms. The molecule has 1 aliphatic rings. The predicted molar refractivity (Wildman–Crippen MR) is 117 cm³/mol. The van der Waals surface area contributed by atoms with Gasteiger partial charge in [0.2, 0.25) is 5.91 Å². The molecule has 0 aliphatic carbocycles. The summed E-state index contributed by atoms with van der Waals surface area (Å²) in [6, 6.07) is 12.3. The lowest BCUT2D eigenvalue weighted by atomic mass is 9.96. The Morgan fingerprint density at radius 2 is 1.61 bits per heavy atom. The molecule has 0 saturated carbocycles. The van der Waals surface area contributed by atoms with Gasteiger partial charge < -0.3 is 15.1 Å². The molecule has 31 heavy (non-hydrogen) atoms. The predicted octanol–water partition coefficient (Wildman–Crippen LogP) is 3.80. The van der Waals surface area contributed by atoms with Crippen LogP contribution in [-0.2, 0) is 4.79 Å². The van der Waals surface area contributed by atoms with Gasteiger partial charge in [-0.25, -0.2) is 4.39 Å². The van der Waals surface area contributed by atoms with Crippen molar-refractivity contribution in [1.29, 1.82) is 0 Å². The van der Waals surface area contributed by atoms with Crippen molar-refractivity contribution in [3.05, 3.63) is 65.5 Å². The van der Waals surface area contributed by atoms with Gasteiger partial charge >= 0.3 is 0 Å². The second kappa shape index (κ2) is 10.2. The SMILES string of the molecule is CCN(CC)C(=O)c1ccc(NC(=O)[C@@H]2CCCN(C(=O)c3ccc(F)cc3)C2)cc1. The summed E-state index contributed by atoms with van der Waals surface area (Å²) in [5, 5.41) is 2.89. The zero-order chi connectivity index (χ0) is 22.4. The maximum Gasteiger partial charge on any atom is 0.253 e. The van der Waals surface area contributed by atoms with Crippen LogP contribution in [0.25, 0.3) is 0 Å². The van der Waals surface area contributed by atoms with Gasteiger partial charge in [0.25, 0.3) is 11.8 Å². The van der Waals surface area contributed by atoms with Crippen LogP contribution < -0.4 is 5.32 Å². The molecule has 1 aliphatic heterocycles. The molecule has 3 amide bonds. The van der Waals surface area contributed by atoms with E-state index >= 15 is 0 Å². The minimum Gasteiger partial charge on any atom is -0.339 e. The minimum atomic E-state index is -0.391. The Labute approximate surface area is 182 Å². The van der Waals surface area contributed by atoms with E-state index in [1.807, 2.05) is 13.8 Å². The molecule has 2 aromatic carbocycles. The Balaban J connectivity index is 1.60. The number of amides is 3. The maximum atomic E-state index is 13.1. The average molecular weight is 426 g/mol. The monoisotopic (exact) mass is 425 g/mol. The Kier molecular flexibility index (Phi) is 7.39. The number of hydrogen-bond acceptors (Lipinski definition) is 3. The summed E-state index contributed by atoms with van der Waals surface area (Å²) in [7, 11) is 0. The normalized spacial score (nSPS) is 16.0. The van der Waals surface area contributed by atoms with Crippen LogP contribution in [-0.4, -0.2) is 53.7 Å². The standard InChI is InChI=1S/C24H28FN3O3/c1-3-27(4-2)23(30)18-9-13-21(14-10-18)26-22(29)19-6-5-15-28(16-19)24(31)17-7-11-20(25)12-8-17/h7-14,19H,3-6,15-16H2,1-2H3,(H,26,29)/t19-/m1/s1. The largest absolute Gasteiger partial charge is 0.339 e. The first kappa shape index (κ1) is 22.5. The second-order valence-corrected chi connectivity index (χ2v) is 7.64. The van der Waals surface area contributed by atoms with E-state index in [9.17, 15) is 18.8 Å². The van der Waals surface area contributed by atoms with Crippen LogP contribution in [0.15, 0.2) is 48.5 Å². The fraction of sp³-hybridized carbons (Fsp3) is 0.375. The summed E-state index contributed by atoms with van der Waals surface area (Å²) in [5.41, 5.74) is 1.61. The smallest absolute Gasteiger partial charge is 0.253 e. The van der Waals surface area contributed by atoms with Crippen LogP contribution in [0, 0.1) is 11.7 Å². The van der Waals surface area contributed by atoms with Gasteiger partial charge in [-0.3, -0.25) is 14.4 Å². The van der Waals surface area contributed by atoms with E-state index in [2.05, 4.69) is 5.32 Å². The molecule has 6 nitrogen and oxygen atoms in total. The van der Waals surface area contributed by atoms with Crippen molar-refractivity contribution in [2.75, 3.05) is 31.5 Å². The molecule has 0 unspecified atom stereocenters. The van der Waals surface area contributed by atoms with Gasteiger partial charge in [-0.2, -0.15) is 0 Å². The molecule has 164 valence electrons. The van der Waals surface area contributed by atoms with Crippen LogP contribution in [0.4, 0.5) is 10.1 Å². The van der Waals surface area contributed by atoms with Crippen LogP contribution >= 0.6 is 0 Å². The van der Waals surface area contributed by atoms with E-state index in [4.69, 9.17) is 0 Å². The van der Waals surface area contributed by atoms with Gasteiger partial charge in [0.15, 0.2) is 0 Å². The van der Waals surface area contributed by atoms with E-state index < -0.39 is 5.82 Å². The number of halogens is 1. The zero-order valence-electron chi connectivity index (χ0n) is 17.9. The summed E-state index contributed by atoms with van der Waals surface area (Å²) < 4.78 is 13.1. The Bertz CT molecular complexity index is 924. The number of carbonyl (C=O) groups excluding carboxylic acids is 3. The molecule has 1 fully saturated rings. The van der Waals surface area contributed by atoms with Crippen molar-refractivity contribution < 1.29 is 18.8 Å². The van der Waals surface area contributed by atoms with Crippen molar-refractivity contribution in [1.82, 2.24) is 9.80 Å². The summed E-state index contributed by atoms with van der Waals surface area (Å²) in [6.07, 6.45) is 1.42. The third-order valence-corrected chi connectivity index (χ3v) is 5.62. The van der Waals surface area contributed by atoms with Gasteiger partial charge in [-0.05, 0) is 75.2 Å². The molecule has 3 rings (SSSR count). The van der Waals surface area contributed by atoms with E-state index in [-0.39, 0.29) is 23.6 Å². The van der Waals surface area contributed by atoms with Gasteiger partial charge in [0, 0.05) is 43.0 Å². The number of carbonyl (C=O) groups is 3. The van der Waals surface area contributed by atoms with Gasteiger partial charge in [-0.15, -0.1) is 0 Å². The van der Waals surface area contributed by atoms with Crippen LogP contribution in [0.3, 0.4) is 0 Å². The number of likely N-dealkylation sites (tertiary alicyclic amines) is 1. The van der Waals surface area contributed by atoms with Crippen LogP contribution in [0.2, 0.25) is 0 Å². The van der Waals surface area contributed by atoms with Crippen LogP contribution in [0.5, 0.6) is 0 Å². The molecule has 2 aromatic rings. The first-order valence-corrected chi connectivity index (χ1v) is 10.7. The summed E-state index contributed by atoms with van der Waals surface area (Å²) in [5.74, 6) is -1.10. The first-order chi connectivity index (χ1) is 14.9. The van der Waals surface area contributed by atoms with Crippen molar-refractivity contribution in [2.24, 2.45) is 5.92 Å². The van der Waals surface area contributed by atoms with Gasteiger partial charge in [0.1, 0.15) is 5.82 Å². The molecule has 1 heterocycles. The molecule has 1 atom stereocenters. The molecule has 1 saturated heterocycles. The van der Waals surface area contributed by atoms with Crippen molar-refractivity contribution in [3.63, 3.8) is 0 Å². The molecular weight excluding hydrogens is 397 g/mol. The number of hydrogen-bond donors (Lipinski definition) is 1. The van der Waals surface area contributed by atoms with Crippen molar-refractivity contribution in [3.8, 4) is 0 Å². The lowest BCUT2D eigenvalue weighted by Gasteiger charge is -2.32. The third-order valence-electron chi connectivity index (χ3n) is 5.62. The molecule has 1 N–H and O–H groups in total. The highest BCUT2D eigenvalue weighted by atomic mass is 19.1. The van der Waals surface area contributed by atoms with Crippen molar-refractivity contribution >= 4 is 23.4 Å². The van der Waals surface area contributed by atoms with Gasteiger partial charge in [-0.1, -0.05) is 0 Å². The lowest BCUT2D eigenvalue weighted by Crippen LogP contribution is -2.43. The number of nitrogens with one attached hydrogen (secondary N) is 1. The van der Waals surface area contributed by atoms with E-state index in [0.717, 1.165) is 6.42 Å². The summed E-state index contributed by atoms with van der Waals surface area (Å²) >= 11 is 0. The fourth-order valence-electron chi connectivity index (χ4n) is 3.78. The van der Waals surface area contributed by atoms with Crippen LogP contribution in [0.1, 0.15) is 47.4 Å². The van der Waals surface area contributed by atoms with Crippen molar-refractivity contribution in [2.45, 2.75) is 26.7 Å². The summed E-state index contributed by atoms with van der Waals surface area (Å²) in [4.78, 5) is 41.2. The highest BCUT2D eigenvalue weighted by molar-refractivity contribution is 5.97. The van der Waals surface area contributed by atoms with E-state index in [0.29, 0.717) is 49.4 Å². The zero-order valence-corrected chi connectivity index (χ0v) is 17.9. The maximum absolute atomic E-state index is 13.1. The molecule has 0 aromatic heterocycles. The average Bonchev–Trinajstić information content (AvgIpc) is 2.80.